The van der Waals surface area contributed by atoms with Crippen LogP contribution in [-0.2, 0) is 0 Å². The van der Waals surface area contributed by atoms with Crippen LogP contribution in [0.2, 0.25) is 0 Å². The van der Waals surface area contributed by atoms with E-state index in [1.54, 1.807) is 6.20 Å². The first-order chi connectivity index (χ1) is 10.6. The van der Waals surface area contributed by atoms with Crippen LogP contribution in [0.25, 0.3) is 0 Å². The summed E-state index contributed by atoms with van der Waals surface area (Å²) >= 11 is 0. The maximum atomic E-state index is 10.2. The summed E-state index contributed by atoms with van der Waals surface area (Å²) in [7, 11) is 0. The van der Waals surface area contributed by atoms with Crippen molar-refractivity contribution < 1.29 is 5.11 Å². The van der Waals surface area contributed by atoms with E-state index in [1.807, 2.05) is 12.1 Å². The van der Waals surface area contributed by atoms with Crippen molar-refractivity contribution in [2.24, 2.45) is 0 Å². The Morgan fingerprint density at radius 2 is 1.27 bits per heavy atom. The van der Waals surface area contributed by atoms with E-state index in [1.165, 1.54) is 11.1 Å². The molecule has 3 rings (SSSR count). The third-order valence-electron chi connectivity index (χ3n) is 3.95. The number of aromatic hydroxyl groups is 1. The molecule has 22 heavy (non-hydrogen) atoms. The molecule has 110 valence electrons. The summed E-state index contributed by atoms with van der Waals surface area (Å²) in [5.41, 5.74) is 5.58. The molecule has 1 heterocycles. The van der Waals surface area contributed by atoms with E-state index in [2.05, 4.69) is 67.4 Å². The highest BCUT2D eigenvalue weighted by Crippen LogP contribution is 2.35. The molecule has 0 radical (unpaired) electrons. The lowest BCUT2D eigenvalue weighted by Gasteiger charge is -2.19. The van der Waals surface area contributed by atoms with Crippen LogP contribution in [0.15, 0.2) is 66.9 Å². The number of aromatic nitrogens is 1. The normalized spacial score (nSPS) is 10.9. The minimum atomic E-state index is -0.0186. The lowest BCUT2D eigenvalue weighted by molar-refractivity contribution is 0.445. The molecule has 0 aliphatic carbocycles. The quantitative estimate of drug-likeness (QED) is 0.765. The lowest BCUT2D eigenvalue weighted by Crippen LogP contribution is -2.04. The third-order valence-corrected chi connectivity index (χ3v) is 3.95. The highest BCUT2D eigenvalue weighted by atomic mass is 16.3. The molecule has 0 amide bonds. The molecular weight excluding hydrogens is 270 g/mol. The standard InChI is InChI=1S/C20H19NO/c1-14-5-9-16(10-6-14)19(17-11-7-15(2)8-12-17)18-4-3-13-21-20(18)22/h3-13,19H,1-2H3,(H,21,22). The van der Waals surface area contributed by atoms with Crippen LogP contribution in [0.5, 0.6) is 5.88 Å². The van der Waals surface area contributed by atoms with Crippen molar-refractivity contribution in [3.8, 4) is 5.88 Å². The fourth-order valence-corrected chi connectivity index (χ4v) is 2.70. The average Bonchev–Trinajstić information content (AvgIpc) is 2.53. The van der Waals surface area contributed by atoms with Gasteiger partial charge in [0.1, 0.15) is 0 Å². The Hall–Kier alpha value is -2.61. The molecule has 3 aromatic rings. The SMILES string of the molecule is Cc1ccc(C(c2ccc(C)cc2)c2cccnc2O)cc1. The van der Waals surface area contributed by atoms with Gasteiger partial charge in [-0.25, -0.2) is 4.98 Å². The van der Waals surface area contributed by atoms with Crippen molar-refractivity contribution in [3.05, 3.63) is 94.7 Å². The Labute approximate surface area is 131 Å². The van der Waals surface area contributed by atoms with Gasteiger partial charge in [0.05, 0.1) is 0 Å². The summed E-state index contributed by atoms with van der Waals surface area (Å²) in [5.74, 6) is 0.0727. The zero-order chi connectivity index (χ0) is 15.5. The van der Waals surface area contributed by atoms with Gasteiger partial charge in [-0.1, -0.05) is 65.7 Å². The summed E-state index contributed by atoms with van der Waals surface area (Å²) in [6.45, 7) is 4.15. The molecule has 0 saturated heterocycles. The molecule has 0 spiro atoms. The summed E-state index contributed by atoms with van der Waals surface area (Å²) in [6, 6.07) is 20.7. The second-order valence-corrected chi connectivity index (χ2v) is 5.67. The molecule has 0 unspecified atom stereocenters. The largest absolute Gasteiger partial charge is 0.493 e. The number of hydrogen-bond donors (Lipinski definition) is 1. The second kappa shape index (κ2) is 6.02. The van der Waals surface area contributed by atoms with Crippen LogP contribution in [0.1, 0.15) is 33.7 Å². The van der Waals surface area contributed by atoms with Crippen molar-refractivity contribution in [2.45, 2.75) is 19.8 Å². The Balaban J connectivity index is 2.16. The van der Waals surface area contributed by atoms with Crippen LogP contribution in [0, 0.1) is 13.8 Å². The highest BCUT2D eigenvalue weighted by Gasteiger charge is 2.20. The summed E-state index contributed by atoms with van der Waals surface area (Å²) in [6.07, 6.45) is 1.61. The van der Waals surface area contributed by atoms with E-state index in [9.17, 15) is 5.11 Å². The van der Waals surface area contributed by atoms with E-state index in [0.717, 1.165) is 16.7 Å². The zero-order valence-electron chi connectivity index (χ0n) is 12.8. The number of aryl methyl sites for hydroxylation is 2. The predicted molar refractivity (Wildman–Crippen MR) is 89.2 cm³/mol. The second-order valence-electron chi connectivity index (χ2n) is 5.67. The topological polar surface area (TPSA) is 33.1 Å². The fraction of sp³-hybridized carbons (Fsp3) is 0.150. The Morgan fingerprint density at radius 1 is 0.773 bits per heavy atom. The zero-order valence-corrected chi connectivity index (χ0v) is 12.8. The van der Waals surface area contributed by atoms with Gasteiger partial charge in [-0.3, -0.25) is 0 Å². The first kappa shape index (κ1) is 14.3. The van der Waals surface area contributed by atoms with Crippen molar-refractivity contribution in [2.75, 3.05) is 0 Å². The molecule has 2 aromatic carbocycles. The Kier molecular flexibility index (Phi) is 3.92. The minimum Gasteiger partial charge on any atom is -0.493 e. The van der Waals surface area contributed by atoms with Crippen LogP contribution >= 0.6 is 0 Å². The van der Waals surface area contributed by atoms with Gasteiger partial charge in [0.15, 0.2) is 0 Å². The van der Waals surface area contributed by atoms with E-state index >= 15 is 0 Å². The summed E-state index contributed by atoms with van der Waals surface area (Å²) < 4.78 is 0. The van der Waals surface area contributed by atoms with Gasteiger partial charge in [0, 0.05) is 17.7 Å². The predicted octanol–water partition coefficient (Wildman–Crippen LogP) is 4.58. The Bertz CT molecular complexity index is 715. The number of rotatable bonds is 3. The molecule has 0 saturated carbocycles. The molecule has 1 N–H and O–H groups in total. The van der Waals surface area contributed by atoms with Crippen molar-refractivity contribution in [3.63, 3.8) is 0 Å². The highest BCUT2D eigenvalue weighted by molar-refractivity contribution is 5.47. The van der Waals surface area contributed by atoms with Crippen molar-refractivity contribution in [1.82, 2.24) is 4.98 Å². The molecule has 0 aliphatic heterocycles. The molecule has 0 atom stereocenters. The van der Waals surface area contributed by atoms with Gasteiger partial charge in [0.25, 0.3) is 0 Å². The molecular formula is C20H19NO. The van der Waals surface area contributed by atoms with E-state index in [-0.39, 0.29) is 11.8 Å². The molecule has 0 aliphatic rings. The van der Waals surface area contributed by atoms with E-state index < -0.39 is 0 Å². The van der Waals surface area contributed by atoms with Gasteiger partial charge >= 0.3 is 0 Å². The van der Waals surface area contributed by atoms with Gasteiger partial charge in [0.2, 0.25) is 5.88 Å². The molecule has 2 nitrogen and oxygen atoms in total. The fourth-order valence-electron chi connectivity index (χ4n) is 2.70. The van der Waals surface area contributed by atoms with E-state index in [0.29, 0.717) is 0 Å². The molecule has 1 aromatic heterocycles. The van der Waals surface area contributed by atoms with Crippen molar-refractivity contribution >= 4 is 0 Å². The van der Waals surface area contributed by atoms with Crippen molar-refractivity contribution in [1.29, 1.82) is 0 Å². The minimum absolute atomic E-state index is 0.0186. The lowest BCUT2D eigenvalue weighted by atomic mass is 9.85. The third kappa shape index (κ3) is 2.86. The molecule has 0 bridgehead atoms. The number of nitrogens with zero attached hydrogens (tertiary/aromatic N) is 1. The van der Waals surface area contributed by atoms with Crippen LogP contribution in [-0.4, -0.2) is 10.1 Å². The van der Waals surface area contributed by atoms with Crippen LogP contribution in [0.3, 0.4) is 0 Å². The number of hydrogen-bond acceptors (Lipinski definition) is 2. The maximum Gasteiger partial charge on any atom is 0.214 e. The average molecular weight is 289 g/mol. The van der Waals surface area contributed by atoms with Crippen LogP contribution in [0.4, 0.5) is 0 Å². The molecule has 0 fully saturated rings. The number of benzene rings is 2. The monoisotopic (exact) mass is 289 g/mol. The maximum absolute atomic E-state index is 10.2. The summed E-state index contributed by atoms with van der Waals surface area (Å²) in [5, 5.41) is 10.2. The van der Waals surface area contributed by atoms with Gasteiger partial charge in [-0.2, -0.15) is 0 Å². The summed E-state index contributed by atoms with van der Waals surface area (Å²) in [4.78, 5) is 4.04. The first-order valence-electron chi connectivity index (χ1n) is 7.42. The molecule has 2 heteroatoms. The Morgan fingerprint density at radius 3 is 1.73 bits per heavy atom. The first-order valence-corrected chi connectivity index (χ1v) is 7.42. The smallest absolute Gasteiger partial charge is 0.214 e. The van der Waals surface area contributed by atoms with Gasteiger partial charge < -0.3 is 5.11 Å². The van der Waals surface area contributed by atoms with E-state index in [4.69, 9.17) is 0 Å². The van der Waals surface area contributed by atoms with Crippen LogP contribution < -0.4 is 0 Å². The van der Waals surface area contributed by atoms with Gasteiger partial charge in [-0.05, 0) is 31.0 Å². The van der Waals surface area contributed by atoms with Gasteiger partial charge in [-0.15, -0.1) is 0 Å². The number of pyridine rings is 1.